The third-order valence-corrected chi connectivity index (χ3v) is 1.74. The van der Waals surface area contributed by atoms with Gasteiger partial charge in [0.15, 0.2) is 0 Å². The van der Waals surface area contributed by atoms with Gasteiger partial charge >= 0.3 is 0 Å². The Hall–Kier alpha value is -1.35. The molecule has 0 bridgehead atoms. The minimum absolute atomic E-state index is 0.0795. The molecule has 3 nitrogen and oxygen atoms in total. The molecule has 0 aliphatic heterocycles. The third-order valence-electron chi connectivity index (χ3n) is 1.74. The normalized spacial score (nSPS) is 11.1. The van der Waals surface area contributed by atoms with Crippen molar-refractivity contribution in [3.05, 3.63) is 35.9 Å². The summed E-state index contributed by atoms with van der Waals surface area (Å²) in [6.45, 7) is 4.22. The number of hydrogen-bond donors (Lipinski definition) is 2. The van der Waals surface area contributed by atoms with Crippen LogP contribution in [0, 0.1) is 0 Å². The minimum Gasteiger partial charge on any atom is -0.350 e. The third kappa shape index (κ3) is 3.58. The van der Waals surface area contributed by atoms with Gasteiger partial charge in [0.1, 0.15) is 0 Å². The molecular weight excluding hydrogens is 176 g/mol. The van der Waals surface area contributed by atoms with E-state index in [1.165, 1.54) is 0 Å². The lowest BCUT2D eigenvalue weighted by Gasteiger charge is -2.18. The van der Waals surface area contributed by atoms with Crippen LogP contribution in [0.5, 0.6) is 0 Å². The number of rotatable bonds is 3. The van der Waals surface area contributed by atoms with Crippen LogP contribution in [0.2, 0.25) is 0 Å². The number of nitrogens with one attached hydrogen (secondary N) is 1. The van der Waals surface area contributed by atoms with Crippen LogP contribution >= 0.6 is 0 Å². The average Bonchev–Trinajstić information content (AvgIpc) is 2.14. The average molecular weight is 192 g/mol. The molecule has 76 valence electrons. The molecule has 0 fully saturated rings. The van der Waals surface area contributed by atoms with Gasteiger partial charge in [-0.15, -0.1) is 0 Å². The highest BCUT2D eigenvalue weighted by Gasteiger charge is 2.12. The summed E-state index contributed by atoms with van der Waals surface area (Å²) < 4.78 is 0. The van der Waals surface area contributed by atoms with Gasteiger partial charge in [-0.3, -0.25) is 4.79 Å². The van der Waals surface area contributed by atoms with Gasteiger partial charge in [-0.05, 0) is 26.0 Å². The van der Waals surface area contributed by atoms with Gasteiger partial charge in [0, 0.05) is 17.6 Å². The zero-order valence-electron chi connectivity index (χ0n) is 8.58. The number of benzene rings is 1. The lowest BCUT2D eigenvalue weighted by molar-refractivity contribution is 0.0946. The molecule has 0 saturated carbocycles. The summed E-state index contributed by atoms with van der Waals surface area (Å²) in [5.74, 6) is -0.0795. The molecular formula is C11H16N2O. The summed E-state index contributed by atoms with van der Waals surface area (Å²) >= 11 is 0. The first-order chi connectivity index (χ1) is 6.49. The maximum Gasteiger partial charge on any atom is 0.251 e. The van der Waals surface area contributed by atoms with Gasteiger partial charge in [0.25, 0.3) is 5.91 Å². The zero-order chi connectivity index (χ0) is 10.6. The molecule has 0 aliphatic rings. The number of amides is 1. The van der Waals surface area contributed by atoms with E-state index in [0.29, 0.717) is 12.1 Å². The van der Waals surface area contributed by atoms with Gasteiger partial charge in [0.05, 0.1) is 0 Å². The predicted octanol–water partition coefficient (Wildman–Crippen LogP) is 1.15. The van der Waals surface area contributed by atoms with Crippen molar-refractivity contribution in [2.75, 3.05) is 6.54 Å². The molecule has 1 rings (SSSR count). The van der Waals surface area contributed by atoms with Crippen LogP contribution in [0.4, 0.5) is 0 Å². The topological polar surface area (TPSA) is 55.1 Å². The van der Waals surface area contributed by atoms with E-state index in [0.717, 1.165) is 0 Å². The van der Waals surface area contributed by atoms with E-state index in [2.05, 4.69) is 5.32 Å². The smallest absolute Gasteiger partial charge is 0.251 e. The van der Waals surface area contributed by atoms with Crippen LogP contribution in [-0.4, -0.2) is 18.0 Å². The molecule has 0 aromatic heterocycles. The first kappa shape index (κ1) is 10.7. The summed E-state index contributed by atoms with van der Waals surface area (Å²) in [5, 5.41) is 2.77. The largest absolute Gasteiger partial charge is 0.350 e. The van der Waals surface area contributed by atoms with E-state index >= 15 is 0 Å². The van der Waals surface area contributed by atoms with E-state index in [1.54, 1.807) is 12.1 Å². The highest BCUT2D eigenvalue weighted by Crippen LogP contribution is 1.99. The Labute approximate surface area is 84.3 Å². The second kappa shape index (κ2) is 4.24. The zero-order valence-corrected chi connectivity index (χ0v) is 8.58. The van der Waals surface area contributed by atoms with E-state index in [1.807, 2.05) is 32.0 Å². The van der Waals surface area contributed by atoms with E-state index in [-0.39, 0.29) is 11.4 Å². The second-order valence-electron chi connectivity index (χ2n) is 4.04. The van der Waals surface area contributed by atoms with Crippen molar-refractivity contribution in [2.45, 2.75) is 19.4 Å². The van der Waals surface area contributed by atoms with Crippen molar-refractivity contribution in [1.29, 1.82) is 0 Å². The van der Waals surface area contributed by atoms with Crippen LogP contribution in [0.1, 0.15) is 24.2 Å². The van der Waals surface area contributed by atoms with Crippen molar-refractivity contribution in [2.24, 2.45) is 5.73 Å². The molecule has 0 spiro atoms. The van der Waals surface area contributed by atoms with Crippen LogP contribution in [0.15, 0.2) is 30.3 Å². The SMILES string of the molecule is CC(C)(N)CNC(=O)c1ccccc1. The molecule has 0 unspecified atom stereocenters. The minimum atomic E-state index is -0.371. The molecule has 3 heteroatoms. The summed E-state index contributed by atoms with van der Waals surface area (Å²) in [4.78, 5) is 11.5. The summed E-state index contributed by atoms with van der Waals surface area (Å²) in [6, 6.07) is 9.10. The van der Waals surface area contributed by atoms with Crippen molar-refractivity contribution in [1.82, 2.24) is 5.32 Å². The van der Waals surface area contributed by atoms with Gasteiger partial charge in [-0.25, -0.2) is 0 Å². The fourth-order valence-electron chi connectivity index (χ4n) is 1.000. The highest BCUT2D eigenvalue weighted by molar-refractivity contribution is 5.94. The first-order valence-corrected chi connectivity index (χ1v) is 4.61. The Morgan fingerprint density at radius 2 is 1.93 bits per heavy atom. The van der Waals surface area contributed by atoms with E-state index in [4.69, 9.17) is 5.73 Å². The molecule has 3 N–H and O–H groups in total. The summed E-state index contributed by atoms with van der Waals surface area (Å²) in [7, 11) is 0. The van der Waals surface area contributed by atoms with Gasteiger partial charge in [0.2, 0.25) is 0 Å². The van der Waals surface area contributed by atoms with Crippen molar-refractivity contribution < 1.29 is 4.79 Å². The fourth-order valence-corrected chi connectivity index (χ4v) is 1.000. The Morgan fingerprint density at radius 3 is 2.43 bits per heavy atom. The Bertz CT molecular complexity index is 301. The molecule has 1 aromatic carbocycles. The Morgan fingerprint density at radius 1 is 1.36 bits per heavy atom. The van der Waals surface area contributed by atoms with Crippen LogP contribution in [0.25, 0.3) is 0 Å². The monoisotopic (exact) mass is 192 g/mol. The first-order valence-electron chi connectivity index (χ1n) is 4.61. The molecule has 0 aliphatic carbocycles. The standard InChI is InChI=1S/C11H16N2O/c1-11(2,12)8-13-10(14)9-6-4-3-5-7-9/h3-7H,8,12H2,1-2H3,(H,13,14). The van der Waals surface area contributed by atoms with Gasteiger partial charge < -0.3 is 11.1 Å². The summed E-state index contributed by atoms with van der Waals surface area (Å²) in [5.41, 5.74) is 6.04. The van der Waals surface area contributed by atoms with Crippen molar-refractivity contribution in [3.63, 3.8) is 0 Å². The maximum absolute atomic E-state index is 11.5. The predicted molar refractivity (Wildman–Crippen MR) is 57.0 cm³/mol. The lowest BCUT2D eigenvalue weighted by Crippen LogP contribution is -2.45. The lowest BCUT2D eigenvalue weighted by atomic mass is 10.1. The molecule has 0 atom stereocenters. The molecule has 0 radical (unpaired) electrons. The van der Waals surface area contributed by atoms with Crippen molar-refractivity contribution in [3.8, 4) is 0 Å². The van der Waals surface area contributed by atoms with Crippen LogP contribution in [0.3, 0.4) is 0 Å². The summed E-state index contributed by atoms with van der Waals surface area (Å²) in [6.07, 6.45) is 0. The number of carbonyl (C=O) groups excluding carboxylic acids is 1. The molecule has 1 aromatic rings. The number of carbonyl (C=O) groups is 1. The molecule has 0 heterocycles. The molecule has 14 heavy (non-hydrogen) atoms. The van der Waals surface area contributed by atoms with Gasteiger partial charge in [-0.1, -0.05) is 18.2 Å². The number of hydrogen-bond acceptors (Lipinski definition) is 2. The quantitative estimate of drug-likeness (QED) is 0.755. The van der Waals surface area contributed by atoms with Gasteiger partial charge in [-0.2, -0.15) is 0 Å². The Balaban J connectivity index is 2.52. The Kier molecular flexibility index (Phi) is 3.25. The number of nitrogens with two attached hydrogens (primary N) is 1. The fraction of sp³-hybridized carbons (Fsp3) is 0.364. The second-order valence-corrected chi connectivity index (χ2v) is 4.04. The van der Waals surface area contributed by atoms with E-state index in [9.17, 15) is 4.79 Å². The van der Waals surface area contributed by atoms with Crippen molar-refractivity contribution >= 4 is 5.91 Å². The molecule has 0 saturated heterocycles. The van der Waals surface area contributed by atoms with Crippen LogP contribution < -0.4 is 11.1 Å². The highest BCUT2D eigenvalue weighted by atomic mass is 16.1. The molecule has 1 amide bonds. The van der Waals surface area contributed by atoms with Crippen LogP contribution in [-0.2, 0) is 0 Å². The van der Waals surface area contributed by atoms with E-state index < -0.39 is 0 Å². The maximum atomic E-state index is 11.5.